The first-order chi connectivity index (χ1) is 9.53. The standard InChI is InChI=1S/C10H13O10P/c11-6-3-5(10(15)16)4(1-2-7(12)13)9(8(6)14)20-21(17,18)19/h1-2,6,8-9,11,14H,3H2,(H,12,13)(H,15,16)(H2,17,18,19)/b2-1+/t6-,8+,9-/m1/s1. The van der Waals surface area contributed by atoms with E-state index in [2.05, 4.69) is 4.52 Å². The predicted octanol–water partition coefficient (Wildman–Crippen LogP) is -1.39. The van der Waals surface area contributed by atoms with Gasteiger partial charge in [-0.3, -0.25) is 4.52 Å². The molecule has 0 radical (unpaired) electrons. The summed E-state index contributed by atoms with van der Waals surface area (Å²) in [6.07, 6.45) is -4.59. The molecule has 11 heteroatoms. The van der Waals surface area contributed by atoms with Crippen LogP contribution >= 0.6 is 7.82 Å². The third-order valence-corrected chi connectivity index (χ3v) is 3.19. The second kappa shape index (κ2) is 6.48. The number of carbonyl (C=O) groups is 2. The summed E-state index contributed by atoms with van der Waals surface area (Å²) in [6, 6.07) is 0. The summed E-state index contributed by atoms with van der Waals surface area (Å²) in [7, 11) is -5.12. The zero-order chi connectivity index (χ0) is 16.4. The molecule has 0 amide bonds. The Labute approximate surface area is 117 Å². The van der Waals surface area contributed by atoms with Crippen molar-refractivity contribution in [3.8, 4) is 0 Å². The first-order valence-corrected chi connectivity index (χ1v) is 7.03. The van der Waals surface area contributed by atoms with Crippen LogP contribution in [0, 0.1) is 0 Å². The molecule has 0 aliphatic heterocycles. The summed E-state index contributed by atoms with van der Waals surface area (Å²) in [5.74, 6) is -2.98. The van der Waals surface area contributed by atoms with E-state index in [1.54, 1.807) is 0 Å². The van der Waals surface area contributed by atoms with Gasteiger partial charge < -0.3 is 30.2 Å². The van der Waals surface area contributed by atoms with Gasteiger partial charge in [-0.25, -0.2) is 14.2 Å². The lowest BCUT2D eigenvalue weighted by Gasteiger charge is -2.33. The number of phosphoric ester groups is 1. The van der Waals surface area contributed by atoms with Crippen LogP contribution < -0.4 is 0 Å². The predicted molar refractivity (Wildman–Crippen MR) is 65.0 cm³/mol. The van der Waals surface area contributed by atoms with Crippen LogP contribution in [0.5, 0.6) is 0 Å². The molecule has 0 saturated heterocycles. The fourth-order valence-electron chi connectivity index (χ4n) is 1.84. The molecule has 0 spiro atoms. The molecule has 1 aliphatic carbocycles. The summed E-state index contributed by atoms with van der Waals surface area (Å²) >= 11 is 0. The number of rotatable bonds is 5. The number of hydrogen-bond donors (Lipinski definition) is 6. The molecule has 0 unspecified atom stereocenters. The average Bonchev–Trinajstić information content (AvgIpc) is 2.31. The zero-order valence-electron chi connectivity index (χ0n) is 10.4. The lowest BCUT2D eigenvalue weighted by Crippen LogP contribution is -2.44. The Bertz CT molecular complexity index is 544. The van der Waals surface area contributed by atoms with Crippen LogP contribution in [-0.4, -0.2) is 60.5 Å². The van der Waals surface area contributed by atoms with Crippen molar-refractivity contribution < 1.29 is 48.9 Å². The van der Waals surface area contributed by atoms with Gasteiger partial charge in [-0.05, 0) is 11.6 Å². The van der Waals surface area contributed by atoms with Crippen molar-refractivity contribution in [3.63, 3.8) is 0 Å². The lowest BCUT2D eigenvalue weighted by atomic mass is 9.85. The molecule has 0 fully saturated rings. The second-order valence-corrected chi connectivity index (χ2v) is 5.38. The molecule has 1 rings (SSSR count). The van der Waals surface area contributed by atoms with Crippen LogP contribution in [0.3, 0.4) is 0 Å². The van der Waals surface area contributed by atoms with Gasteiger partial charge in [0.1, 0.15) is 12.2 Å². The molecular weight excluding hydrogens is 311 g/mol. The smallest absolute Gasteiger partial charge is 0.470 e. The first kappa shape index (κ1) is 17.5. The highest BCUT2D eigenvalue weighted by Crippen LogP contribution is 2.43. The quantitative estimate of drug-likeness (QED) is 0.260. The highest BCUT2D eigenvalue weighted by molar-refractivity contribution is 7.46. The maximum absolute atomic E-state index is 11.1. The minimum Gasteiger partial charge on any atom is -0.478 e. The SMILES string of the molecule is O=C(O)/C=C/C1=C(C(=O)O)C[C@@H](O)[C@H](O)[C@@H]1OP(=O)(O)O. The lowest BCUT2D eigenvalue weighted by molar-refractivity contribution is -0.134. The number of aliphatic hydroxyl groups is 2. The summed E-state index contributed by atoms with van der Waals surface area (Å²) in [5, 5.41) is 36.8. The van der Waals surface area contributed by atoms with Crippen LogP contribution in [0.2, 0.25) is 0 Å². The van der Waals surface area contributed by atoms with Crippen molar-refractivity contribution in [2.45, 2.75) is 24.7 Å². The molecule has 118 valence electrons. The summed E-state index contributed by atoms with van der Waals surface area (Å²) in [6.45, 7) is 0. The van der Waals surface area contributed by atoms with Crippen LogP contribution in [0.4, 0.5) is 0 Å². The fraction of sp³-hybridized carbons (Fsp3) is 0.400. The van der Waals surface area contributed by atoms with E-state index in [0.717, 1.165) is 6.08 Å². The van der Waals surface area contributed by atoms with Gasteiger partial charge >= 0.3 is 19.8 Å². The summed E-state index contributed by atoms with van der Waals surface area (Å²) in [5.41, 5.74) is -0.949. The minimum atomic E-state index is -5.12. The highest BCUT2D eigenvalue weighted by Gasteiger charge is 2.41. The summed E-state index contributed by atoms with van der Waals surface area (Å²) < 4.78 is 15.2. The molecular formula is C10H13O10P. The Morgan fingerprint density at radius 2 is 1.81 bits per heavy atom. The number of carboxylic acids is 2. The Hall–Kier alpha value is -1.55. The number of hydrogen-bond acceptors (Lipinski definition) is 6. The first-order valence-electron chi connectivity index (χ1n) is 5.50. The van der Waals surface area contributed by atoms with Gasteiger partial charge in [0.05, 0.1) is 6.10 Å². The largest absolute Gasteiger partial charge is 0.478 e. The maximum Gasteiger partial charge on any atom is 0.470 e. The highest BCUT2D eigenvalue weighted by atomic mass is 31.2. The van der Waals surface area contributed by atoms with Gasteiger partial charge in [0.15, 0.2) is 0 Å². The molecule has 6 N–H and O–H groups in total. The Morgan fingerprint density at radius 3 is 2.24 bits per heavy atom. The van der Waals surface area contributed by atoms with E-state index in [9.17, 15) is 24.4 Å². The van der Waals surface area contributed by atoms with Crippen molar-refractivity contribution >= 4 is 19.8 Å². The fourth-order valence-corrected chi connectivity index (χ4v) is 2.37. The van der Waals surface area contributed by atoms with Crippen LogP contribution in [-0.2, 0) is 18.7 Å². The minimum absolute atomic E-state index is 0.439. The van der Waals surface area contributed by atoms with Gasteiger partial charge in [0, 0.05) is 18.1 Å². The van der Waals surface area contributed by atoms with Gasteiger partial charge in [-0.15, -0.1) is 0 Å². The van der Waals surface area contributed by atoms with Crippen molar-refractivity contribution in [3.05, 3.63) is 23.3 Å². The van der Waals surface area contributed by atoms with E-state index < -0.39 is 55.6 Å². The zero-order valence-corrected chi connectivity index (χ0v) is 11.3. The van der Waals surface area contributed by atoms with Gasteiger partial charge in [-0.1, -0.05) is 0 Å². The van der Waals surface area contributed by atoms with Gasteiger partial charge in [0.2, 0.25) is 0 Å². The van der Waals surface area contributed by atoms with Crippen LogP contribution in [0.15, 0.2) is 23.3 Å². The molecule has 0 bridgehead atoms. The summed E-state index contributed by atoms with van der Waals surface area (Å²) in [4.78, 5) is 39.1. The molecule has 0 aromatic carbocycles. The number of aliphatic hydroxyl groups excluding tert-OH is 2. The van der Waals surface area contributed by atoms with E-state index in [-0.39, 0.29) is 0 Å². The van der Waals surface area contributed by atoms with Crippen LogP contribution in [0.25, 0.3) is 0 Å². The van der Waals surface area contributed by atoms with Crippen molar-refractivity contribution in [2.75, 3.05) is 0 Å². The third kappa shape index (κ3) is 4.74. The number of aliphatic carboxylic acids is 2. The molecule has 10 nitrogen and oxygen atoms in total. The van der Waals surface area contributed by atoms with E-state index in [4.69, 9.17) is 20.0 Å². The van der Waals surface area contributed by atoms with Crippen molar-refractivity contribution in [1.82, 2.24) is 0 Å². The van der Waals surface area contributed by atoms with E-state index >= 15 is 0 Å². The average molecular weight is 324 g/mol. The van der Waals surface area contributed by atoms with Crippen molar-refractivity contribution in [2.24, 2.45) is 0 Å². The molecule has 0 aromatic rings. The molecule has 0 heterocycles. The van der Waals surface area contributed by atoms with Gasteiger partial charge in [-0.2, -0.15) is 0 Å². The third-order valence-electron chi connectivity index (χ3n) is 2.69. The van der Waals surface area contributed by atoms with Crippen LogP contribution in [0.1, 0.15) is 6.42 Å². The van der Waals surface area contributed by atoms with Gasteiger partial charge in [0.25, 0.3) is 0 Å². The molecule has 21 heavy (non-hydrogen) atoms. The maximum atomic E-state index is 11.1. The second-order valence-electron chi connectivity index (χ2n) is 4.19. The molecule has 1 aliphatic rings. The molecule has 3 atom stereocenters. The van der Waals surface area contributed by atoms with E-state index in [1.165, 1.54) is 0 Å². The Kier molecular flexibility index (Phi) is 5.40. The topological polar surface area (TPSA) is 182 Å². The normalized spacial score (nSPS) is 27.1. The number of carboxylic acid groups (broad SMARTS) is 2. The Balaban J connectivity index is 3.36. The van der Waals surface area contributed by atoms with Crippen molar-refractivity contribution in [1.29, 1.82) is 0 Å². The van der Waals surface area contributed by atoms with E-state index in [1.807, 2.05) is 0 Å². The number of phosphoric acid groups is 1. The van der Waals surface area contributed by atoms with E-state index in [0.29, 0.717) is 6.08 Å². The molecule has 0 aromatic heterocycles. The monoisotopic (exact) mass is 324 g/mol. The Morgan fingerprint density at radius 1 is 1.24 bits per heavy atom. The molecule has 0 saturated carbocycles.